The van der Waals surface area contributed by atoms with Gasteiger partial charge in [-0.3, -0.25) is 4.79 Å². The topological polar surface area (TPSA) is 69.1 Å². The number of fused-ring (bicyclic) bond motifs is 1. The number of hydrogen-bond donors (Lipinski definition) is 2. The zero-order chi connectivity index (χ0) is 10.8. The van der Waals surface area contributed by atoms with Gasteiger partial charge in [0.2, 0.25) is 5.91 Å². The van der Waals surface area contributed by atoms with Crippen molar-refractivity contribution >= 4 is 17.7 Å². The standard InChI is InChI=1S/C11H14N2OS/c12-10(11(13)14)8-3-4-9-7(6-8)2-1-5-15-9/h3-4,6,10H,1-2,5,12H2,(H2,13,14). The van der Waals surface area contributed by atoms with Crippen LogP contribution < -0.4 is 11.5 Å². The summed E-state index contributed by atoms with van der Waals surface area (Å²) in [6.07, 6.45) is 2.26. The van der Waals surface area contributed by atoms with Gasteiger partial charge in [-0.25, -0.2) is 0 Å². The first-order valence-electron chi connectivity index (χ1n) is 4.99. The van der Waals surface area contributed by atoms with Gasteiger partial charge < -0.3 is 11.5 Å². The molecule has 0 aliphatic carbocycles. The van der Waals surface area contributed by atoms with Gasteiger partial charge in [-0.2, -0.15) is 0 Å². The molecule has 15 heavy (non-hydrogen) atoms. The lowest BCUT2D eigenvalue weighted by Crippen LogP contribution is -2.28. The lowest BCUT2D eigenvalue weighted by atomic mass is 10.0. The second-order valence-electron chi connectivity index (χ2n) is 3.70. The van der Waals surface area contributed by atoms with Gasteiger partial charge in [0.1, 0.15) is 6.04 Å². The minimum Gasteiger partial charge on any atom is -0.368 e. The fourth-order valence-corrected chi connectivity index (χ4v) is 2.76. The maximum Gasteiger partial charge on any atom is 0.238 e. The van der Waals surface area contributed by atoms with Crippen molar-refractivity contribution in [2.45, 2.75) is 23.8 Å². The van der Waals surface area contributed by atoms with Crippen molar-refractivity contribution in [2.75, 3.05) is 5.75 Å². The van der Waals surface area contributed by atoms with Crippen molar-refractivity contribution in [1.29, 1.82) is 0 Å². The number of nitrogens with two attached hydrogens (primary N) is 2. The molecule has 1 heterocycles. The Kier molecular flexibility index (Phi) is 2.98. The van der Waals surface area contributed by atoms with Crippen LogP contribution in [-0.2, 0) is 11.2 Å². The Bertz CT molecular complexity index is 392. The molecular weight excluding hydrogens is 208 g/mol. The zero-order valence-electron chi connectivity index (χ0n) is 8.40. The number of amides is 1. The number of aryl methyl sites for hydroxylation is 1. The molecule has 0 fully saturated rings. The van der Waals surface area contributed by atoms with Gasteiger partial charge in [-0.15, -0.1) is 11.8 Å². The van der Waals surface area contributed by atoms with Crippen molar-refractivity contribution in [3.05, 3.63) is 29.3 Å². The van der Waals surface area contributed by atoms with Crippen LogP contribution in [0.1, 0.15) is 23.6 Å². The molecular formula is C11H14N2OS. The van der Waals surface area contributed by atoms with Gasteiger partial charge in [0.25, 0.3) is 0 Å². The Morgan fingerprint density at radius 3 is 3.00 bits per heavy atom. The van der Waals surface area contributed by atoms with E-state index < -0.39 is 11.9 Å². The molecule has 1 aliphatic heterocycles. The van der Waals surface area contributed by atoms with Crippen LogP contribution in [0.4, 0.5) is 0 Å². The van der Waals surface area contributed by atoms with Crippen LogP contribution in [0.3, 0.4) is 0 Å². The summed E-state index contributed by atoms with van der Waals surface area (Å²) < 4.78 is 0. The number of hydrogen-bond acceptors (Lipinski definition) is 3. The maximum atomic E-state index is 11.0. The molecule has 1 aliphatic rings. The van der Waals surface area contributed by atoms with E-state index in [1.165, 1.54) is 22.6 Å². The maximum absolute atomic E-state index is 11.0. The van der Waals surface area contributed by atoms with Gasteiger partial charge in [-0.05, 0) is 35.8 Å². The summed E-state index contributed by atoms with van der Waals surface area (Å²) in [5, 5.41) is 0. The highest BCUT2D eigenvalue weighted by atomic mass is 32.2. The van der Waals surface area contributed by atoms with E-state index in [9.17, 15) is 4.79 Å². The number of thioether (sulfide) groups is 1. The van der Waals surface area contributed by atoms with Crippen LogP contribution in [0.5, 0.6) is 0 Å². The fraction of sp³-hybridized carbons (Fsp3) is 0.364. The van der Waals surface area contributed by atoms with Gasteiger partial charge in [0.15, 0.2) is 0 Å². The van der Waals surface area contributed by atoms with Gasteiger partial charge in [0, 0.05) is 4.90 Å². The zero-order valence-corrected chi connectivity index (χ0v) is 9.22. The van der Waals surface area contributed by atoms with Gasteiger partial charge in [-0.1, -0.05) is 12.1 Å². The summed E-state index contributed by atoms with van der Waals surface area (Å²) in [5.41, 5.74) is 13.0. The molecule has 80 valence electrons. The molecule has 2 rings (SSSR count). The molecule has 3 nitrogen and oxygen atoms in total. The smallest absolute Gasteiger partial charge is 0.238 e. The first-order valence-corrected chi connectivity index (χ1v) is 5.97. The molecule has 0 saturated heterocycles. The lowest BCUT2D eigenvalue weighted by molar-refractivity contribution is -0.119. The van der Waals surface area contributed by atoms with Crippen molar-refractivity contribution in [2.24, 2.45) is 11.5 Å². The minimum atomic E-state index is -0.678. The first-order chi connectivity index (χ1) is 7.18. The highest BCUT2D eigenvalue weighted by Gasteiger charge is 2.15. The van der Waals surface area contributed by atoms with E-state index in [0.717, 1.165) is 12.0 Å². The van der Waals surface area contributed by atoms with Crippen molar-refractivity contribution in [3.63, 3.8) is 0 Å². The van der Waals surface area contributed by atoms with Crippen LogP contribution in [0, 0.1) is 0 Å². The first kappa shape index (κ1) is 10.5. The third kappa shape index (κ3) is 2.16. The normalized spacial score (nSPS) is 16.9. The Labute approximate surface area is 93.2 Å². The monoisotopic (exact) mass is 222 g/mol. The number of benzene rings is 1. The van der Waals surface area contributed by atoms with Crippen LogP contribution in [0.2, 0.25) is 0 Å². The second-order valence-corrected chi connectivity index (χ2v) is 4.84. The third-order valence-electron chi connectivity index (χ3n) is 2.60. The highest BCUT2D eigenvalue weighted by Crippen LogP contribution is 2.31. The molecule has 1 unspecified atom stereocenters. The molecule has 1 amide bonds. The number of primary amides is 1. The SMILES string of the molecule is NC(=O)C(N)c1ccc2c(c1)CCCS2. The van der Waals surface area contributed by atoms with E-state index in [2.05, 4.69) is 0 Å². The Balaban J connectivity index is 2.31. The lowest BCUT2D eigenvalue weighted by Gasteiger charge is -2.17. The second kappa shape index (κ2) is 4.24. The van der Waals surface area contributed by atoms with Crippen molar-refractivity contribution in [3.8, 4) is 0 Å². The predicted octanol–water partition coefficient (Wildman–Crippen LogP) is 1.21. The molecule has 0 spiro atoms. The average Bonchev–Trinajstić information content (AvgIpc) is 2.27. The molecule has 1 atom stereocenters. The van der Waals surface area contributed by atoms with E-state index in [0.29, 0.717) is 0 Å². The molecule has 0 aromatic heterocycles. The molecule has 4 N–H and O–H groups in total. The molecule has 1 aromatic carbocycles. The molecule has 1 aromatic rings. The number of carbonyl (C=O) groups excluding carboxylic acids is 1. The van der Waals surface area contributed by atoms with Crippen LogP contribution in [-0.4, -0.2) is 11.7 Å². The average molecular weight is 222 g/mol. The van der Waals surface area contributed by atoms with Crippen LogP contribution in [0.15, 0.2) is 23.1 Å². The molecule has 4 heteroatoms. The van der Waals surface area contributed by atoms with Crippen molar-refractivity contribution < 1.29 is 4.79 Å². The van der Waals surface area contributed by atoms with E-state index in [-0.39, 0.29) is 0 Å². The van der Waals surface area contributed by atoms with Gasteiger partial charge >= 0.3 is 0 Å². The Morgan fingerprint density at radius 2 is 2.27 bits per heavy atom. The van der Waals surface area contributed by atoms with Gasteiger partial charge in [0.05, 0.1) is 0 Å². The Hall–Kier alpha value is -1.00. The van der Waals surface area contributed by atoms with E-state index in [1.807, 2.05) is 30.0 Å². The molecule has 0 radical (unpaired) electrons. The summed E-state index contributed by atoms with van der Waals surface area (Å²) in [5.74, 6) is 0.701. The van der Waals surface area contributed by atoms with Crippen molar-refractivity contribution in [1.82, 2.24) is 0 Å². The molecule has 0 saturated carbocycles. The summed E-state index contributed by atoms with van der Waals surface area (Å²) in [4.78, 5) is 12.3. The van der Waals surface area contributed by atoms with E-state index >= 15 is 0 Å². The molecule has 0 bridgehead atoms. The number of carbonyl (C=O) groups is 1. The van der Waals surface area contributed by atoms with E-state index in [1.54, 1.807) is 0 Å². The number of rotatable bonds is 2. The third-order valence-corrected chi connectivity index (χ3v) is 3.80. The summed E-state index contributed by atoms with van der Waals surface area (Å²) in [6.45, 7) is 0. The van der Waals surface area contributed by atoms with Crippen LogP contribution in [0.25, 0.3) is 0 Å². The minimum absolute atomic E-state index is 0.474. The largest absolute Gasteiger partial charge is 0.368 e. The predicted molar refractivity (Wildman–Crippen MR) is 61.6 cm³/mol. The van der Waals surface area contributed by atoms with Crippen LogP contribution >= 0.6 is 11.8 Å². The summed E-state index contributed by atoms with van der Waals surface area (Å²) >= 11 is 1.86. The summed E-state index contributed by atoms with van der Waals surface area (Å²) in [6, 6.07) is 5.27. The Morgan fingerprint density at radius 1 is 1.47 bits per heavy atom. The van der Waals surface area contributed by atoms with E-state index in [4.69, 9.17) is 11.5 Å². The summed E-state index contributed by atoms with van der Waals surface area (Å²) in [7, 11) is 0. The fourth-order valence-electron chi connectivity index (χ4n) is 1.74. The highest BCUT2D eigenvalue weighted by molar-refractivity contribution is 7.99. The quantitative estimate of drug-likeness (QED) is 0.790.